The summed E-state index contributed by atoms with van der Waals surface area (Å²) >= 11 is 0. The molecular formula is C25H39NO12S. The van der Waals surface area contributed by atoms with Crippen molar-refractivity contribution >= 4 is 28.0 Å². The molecule has 0 unspecified atom stereocenters. The van der Waals surface area contributed by atoms with E-state index in [4.69, 9.17) is 23.1 Å². The Kier molecular flexibility index (Phi) is 17.0. The van der Waals surface area contributed by atoms with Crippen LogP contribution in [0.3, 0.4) is 0 Å². The van der Waals surface area contributed by atoms with Crippen LogP contribution < -0.4 is 10.1 Å². The van der Waals surface area contributed by atoms with Crippen LogP contribution >= 0.6 is 0 Å². The molecule has 1 rings (SSSR count). The third-order valence-electron chi connectivity index (χ3n) is 4.99. The lowest BCUT2D eigenvalue weighted by molar-refractivity contribution is -0.143. The number of hydrogen-bond acceptors (Lipinski definition) is 12. The molecule has 0 aromatic heterocycles. The SMILES string of the molecule is CCc1cc(COS(C)(=O)=O)cc(OCCOCCOCCOCC(=O)NC(CC(=O)OC)CC(=O)OC)c1. The fourth-order valence-corrected chi connectivity index (χ4v) is 3.46. The number of benzene rings is 1. The maximum atomic E-state index is 12.0. The molecule has 0 saturated carbocycles. The Morgan fingerprint density at radius 2 is 1.36 bits per heavy atom. The summed E-state index contributed by atoms with van der Waals surface area (Å²) in [5.41, 5.74) is 1.70. The molecule has 0 radical (unpaired) electrons. The maximum absolute atomic E-state index is 12.0. The van der Waals surface area contributed by atoms with Gasteiger partial charge in [0.05, 0.1) is 73.0 Å². The normalized spacial score (nSPS) is 11.3. The molecule has 39 heavy (non-hydrogen) atoms. The quantitative estimate of drug-likeness (QED) is 0.124. The summed E-state index contributed by atoms with van der Waals surface area (Å²) < 4.78 is 58.2. The number of carbonyl (C=O) groups excluding carboxylic acids is 3. The first-order chi connectivity index (χ1) is 18.6. The van der Waals surface area contributed by atoms with E-state index in [1.54, 1.807) is 6.07 Å². The van der Waals surface area contributed by atoms with Crippen molar-refractivity contribution in [1.82, 2.24) is 5.32 Å². The zero-order chi connectivity index (χ0) is 29.1. The monoisotopic (exact) mass is 577 g/mol. The van der Waals surface area contributed by atoms with E-state index in [0.717, 1.165) is 18.2 Å². The zero-order valence-electron chi connectivity index (χ0n) is 22.9. The molecule has 0 bridgehead atoms. The van der Waals surface area contributed by atoms with E-state index in [0.29, 0.717) is 37.7 Å². The first-order valence-corrected chi connectivity index (χ1v) is 14.1. The Balaban J connectivity index is 2.17. The van der Waals surface area contributed by atoms with Crippen LogP contribution in [0.25, 0.3) is 0 Å². The number of ether oxygens (including phenoxy) is 6. The van der Waals surface area contributed by atoms with Crippen molar-refractivity contribution in [2.75, 3.05) is 66.7 Å². The number of rotatable bonds is 21. The Hall–Kier alpha value is -2.78. The second kappa shape index (κ2) is 19.3. The summed E-state index contributed by atoms with van der Waals surface area (Å²) in [4.78, 5) is 34.9. The standard InChI is InChI=1S/C25H39NO12S/c1-5-19-12-20(17-38-39(4,30)31)14-22(13-19)37-11-10-35-7-6-34-8-9-36-18-23(27)26-21(15-24(28)32-2)16-25(29)33-3/h12-14,21H,5-11,15-18H2,1-4H3,(H,26,27). The molecule has 13 nitrogen and oxygen atoms in total. The van der Waals surface area contributed by atoms with E-state index in [2.05, 4.69) is 14.8 Å². The number of hydrogen-bond donors (Lipinski definition) is 1. The highest BCUT2D eigenvalue weighted by molar-refractivity contribution is 7.85. The number of aryl methyl sites for hydroxylation is 1. The van der Waals surface area contributed by atoms with Gasteiger partial charge in [-0.1, -0.05) is 13.0 Å². The van der Waals surface area contributed by atoms with Crippen LogP contribution in [-0.4, -0.2) is 99.0 Å². The number of amides is 1. The lowest BCUT2D eigenvalue weighted by Crippen LogP contribution is -2.40. The van der Waals surface area contributed by atoms with E-state index in [9.17, 15) is 22.8 Å². The fourth-order valence-electron chi connectivity index (χ4n) is 3.11. The van der Waals surface area contributed by atoms with Gasteiger partial charge >= 0.3 is 11.9 Å². The molecule has 0 atom stereocenters. The van der Waals surface area contributed by atoms with Gasteiger partial charge in [0.1, 0.15) is 19.0 Å². The van der Waals surface area contributed by atoms with Crippen molar-refractivity contribution in [3.63, 3.8) is 0 Å². The molecule has 1 aromatic carbocycles. The Morgan fingerprint density at radius 1 is 0.821 bits per heavy atom. The Labute approximate surface area is 229 Å². The summed E-state index contributed by atoms with van der Waals surface area (Å²) in [5, 5.41) is 2.54. The van der Waals surface area contributed by atoms with E-state index in [1.807, 2.05) is 19.1 Å². The zero-order valence-corrected chi connectivity index (χ0v) is 23.7. The van der Waals surface area contributed by atoms with E-state index >= 15 is 0 Å². The first-order valence-electron chi connectivity index (χ1n) is 12.3. The molecule has 0 saturated heterocycles. The molecule has 0 fully saturated rings. The summed E-state index contributed by atoms with van der Waals surface area (Å²) in [6.45, 7) is 3.32. The average molecular weight is 578 g/mol. The summed E-state index contributed by atoms with van der Waals surface area (Å²) in [5.74, 6) is -1.02. The number of esters is 2. The van der Waals surface area contributed by atoms with Crippen LogP contribution in [0.1, 0.15) is 30.9 Å². The predicted octanol–water partition coefficient (Wildman–Crippen LogP) is 0.765. The smallest absolute Gasteiger partial charge is 0.307 e. The number of nitrogens with one attached hydrogen (secondary N) is 1. The largest absolute Gasteiger partial charge is 0.491 e. The maximum Gasteiger partial charge on any atom is 0.307 e. The summed E-state index contributed by atoms with van der Waals surface area (Å²) in [7, 11) is -1.11. The minimum atomic E-state index is -3.54. The van der Waals surface area contributed by atoms with Gasteiger partial charge in [0.15, 0.2) is 0 Å². The lowest BCUT2D eigenvalue weighted by atomic mass is 10.1. The molecule has 1 aromatic rings. The lowest BCUT2D eigenvalue weighted by Gasteiger charge is -2.16. The average Bonchev–Trinajstić information content (AvgIpc) is 2.89. The molecule has 222 valence electrons. The van der Waals surface area contributed by atoms with Gasteiger partial charge in [0, 0.05) is 6.04 Å². The number of methoxy groups -OCH3 is 2. The highest BCUT2D eigenvalue weighted by Crippen LogP contribution is 2.19. The first kappa shape index (κ1) is 34.2. The second-order valence-electron chi connectivity index (χ2n) is 8.26. The van der Waals surface area contributed by atoms with Gasteiger partial charge in [-0.15, -0.1) is 0 Å². The van der Waals surface area contributed by atoms with Crippen molar-refractivity contribution in [2.24, 2.45) is 0 Å². The van der Waals surface area contributed by atoms with Crippen molar-refractivity contribution in [1.29, 1.82) is 0 Å². The van der Waals surface area contributed by atoms with Gasteiger partial charge in [-0.2, -0.15) is 8.42 Å². The Morgan fingerprint density at radius 3 is 1.90 bits per heavy atom. The second-order valence-corrected chi connectivity index (χ2v) is 9.90. The van der Waals surface area contributed by atoms with Crippen LogP contribution in [0.15, 0.2) is 18.2 Å². The molecule has 1 amide bonds. The molecule has 0 heterocycles. The van der Waals surface area contributed by atoms with E-state index in [1.165, 1.54) is 14.2 Å². The Bertz CT molecular complexity index is 981. The highest BCUT2D eigenvalue weighted by Gasteiger charge is 2.20. The van der Waals surface area contributed by atoms with Gasteiger partial charge in [0.25, 0.3) is 10.1 Å². The van der Waals surface area contributed by atoms with Gasteiger partial charge in [-0.25, -0.2) is 0 Å². The van der Waals surface area contributed by atoms with Crippen LogP contribution in [0.5, 0.6) is 5.75 Å². The number of carbonyl (C=O) groups is 3. The third kappa shape index (κ3) is 17.4. The molecule has 14 heteroatoms. The summed E-state index contributed by atoms with van der Waals surface area (Å²) in [6, 6.07) is 4.72. The topological polar surface area (TPSA) is 162 Å². The molecule has 1 N–H and O–H groups in total. The minimum Gasteiger partial charge on any atom is -0.491 e. The van der Waals surface area contributed by atoms with Crippen LogP contribution in [0, 0.1) is 0 Å². The van der Waals surface area contributed by atoms with Crippen molar-refractivity contribution in [2.45, 2.75) is 38.8 Å². The van der Waals surface area contributed by atoms with Gasteiger partial charge in [0.2, 0.25) is 5.91 Å². The van der Waals surface area contributed by atoms with Crippen LogP contribution in [0.2, 0.25) is 0 Å². The van der Waals surface area contributed by atoms with Crippen molar-refractivity contribution in [3.05, 3.63) is 29.3 Å². The van der Waals surface area contributed by atoms with E-state index in [-0.39, 0.29) is 39.3 Å². The van der Waals surface area contributed by atoms with Crippen LogP contribution in [0.4, 0.5) is 0 Å². The van der Waals surface area contributed by atoms with Gasteiger partial charge < -0.3 is 33.7 Å². The molecular weight excluding hydrogens is 538 g/mol. The molecule has 0 aliphatic heterocycles. The van der Waals surface area contributed by atoms with Crippen LogP contribution in [-0.2, 0) is 65.4 Å². The van der Waals surface area contributed by atoms with Crippen molar-refractivity contribution < 1.29 is 55.4 Å². The highest BCUT2D eigenvalue weighted by atomic mass is 32.2. The third-order valence-corrected chi connectivity index (χ3v) is 5.54. The molecule has 0 aliphatic carbocycles. The van der Waals surface area contributed by atoms with E-state index < -0.39 is 34.0 Å². The summed E-state index contributed by atoms with van der Waals surface area (Å²) in [6.07, 6.45) is 1.43. The molecule has 0 spiro atoms. The van der Waals surface area contributed by atoms with Gasteiger partial charge in [-0.3, -0.25) is 18.6 Å². The van der Waals surface area contributed by atoms with Crippen molar-refractivity contribution in [3.8, 4) is 5.75 Å². The minimum absolute atomic E-state index is 0.0590. The molecule has 0 aliphatic rings. The van der Waals surface area contributed by atoms with Gasteiger partial charge in [-0.05, 0) is 29.7 Å². The predicted molar refractivity (Wildman–Crippen MR) is 139 cm³/mol. The fraction of sp³-hybridized carbons (Fsp3) is 0.640.